The Morgan fingerprint density at radius 3 is 2.54 bits per heavy atom. The fourth-order valence-corrected chi connectivity index (χ4v) is 2.94. The van der Waals surface area contributed by atoms with E-state index < -0.39 is 29.7 Å². The molecule has 1 aromatic rings. The van der Waals surface area contributed by atoms with Gasteiger partial charge in [-0.2, -0.15) is 0 Å². The molecule has 1 atom stereocenters. The number of nitrogens with zero attached hydrogens (tertiary/aromatic N) is 2. The molecular formula is C20H24N2O6. The summed E-state index contributed by atoms with van der Waals surface area (Å²) in [5.74, 6) is -1.90. The van der Waals surface area contributed by atoms with Gasteiger partial charge in [-0.05, 0) is 30.7 Å². The second-order valence-corrected chi connectivity index (χ2v) is 6.36. The molecule has 0 unspecified atom stereocenters. The number of benzene rings is 1. The van der Waals surface area contributed by atoms with E-state index in [0.717, 1.165) is 11.3 Å². The number of carbonyl (C=O) groups is 4. The van der Waals surface area contributed by atoms with Crippen molar-refractivity contribution in [3.63, 3.8) is 0 Å². The zero-order valence-electron chi connectivity index (χ0n) is 15.8. The predicted molar refractivity (Wildman–Crippen MR) is 102 cm³/mol. The largest absolute Gasteiger partial charge is 0.494 e. The molecule has 0 bridgehead atoms. The highest BCUT2D eigenvalue weighted by Crippen LogP contribution is 2.28. The van der Waals surface area contributed by atoms with Crippen molar-refractivity contribution in [1.82, 2.24) is 4.90 Å². The predicted octanol–water partition coefficient (Wildman–Crippen LogP) is 1.99. The standard InChI is InChI=1S/C20H24N2O6/c1-3-11-21(17(23)9-10-19(25)26)16-13-18(24)22(20(16)27)14-5-7-15(8-6-14)28-12-4-2/h3,5-8,16H,1,4,9-13H2,2H3,(H,25,26)/t16-/m1/s1. The first-order valence-electron chi connectivity index (χ1n) is 9.10. The monoisotopic (exact) mass is 388 g/mol. The highest BCUT2D eigenvalue weighted by Gasteiger charge is 2.43. The minimum Gasteiger partial charge on any atom is -0.494 e. The first kappa shape index (κ1) is 21.1. The molecule has 8 heteroatoms. The molecule has 3 amide bonds. The van der Waals surface area contributed by atoms with Crippen LogP contribution in [0.4, 0.5) is 5.69 Å². The number of carboxylic acid groups (broad SMARTS) is 1. The van der Waals surface area contributed by atoms with Crippen LogP contribution in [0.1, 0.15) is 32.6 Å². The summed E-state index contributed by atoms with van der Waals surface area (Å²) in [6.07, 6.45) is 1.56. The molecule has 1 aliphatic heterocycles. The van der Waals surface area contributed by atoms with Crippen LogP contribution in [0.25, 0.3) is 0 Å². The smallest absolute Gasteiger partial charge is 0.303 e. The van der Waals surface area contributed by atoms with Gasteiger partial charge in [-0.3, -0.25) is 19.2 Å². The molecule has 1 N–H and O–H groups in total. The van der Waals surface area contributed by atoms with E-state index in [1.165, 1.54) is 11.0 Å². The molecule has 150 valence electrons. The van der Waals surface area contributed by atoms with Crippen LogP contribution < -0.4 is 9.64 Å². The van der Waals surface area contributed by atoms with Crippen LogP contribution in [0.5, 0.6) is 5.75 Å². The summed E-state index contributed by atoms with van der Waals surface area (Å²) in [5, 5.41) is 8.77. The van der Waals surface area contributed by atoms with Gasteiger partial charge in [0.1, 0.15) is 11.8 Å². The maximum atomic E-state index is 12.9. The third-order valence-corrected chi connectivity index (χ3v) is 4.27. The molecular weight excluding hydrogens is 364 g/mol. The van der Waals surface area contributed by atoms with E-state index in [4.69, 9.17) is 9.84 Å². The lowest BCUT2D eigenvalue weighted by atomic mass is 10.1. The van der Waals surface area contributed by atoms with Gasteiger partial charge in [0, 0.05) is 13.0 Å². The van der Waals surface area contributed by atoms with Crippen LogP contribution in [-0.2, 0) is 19.2 Å². The first-order chi connectivity index (χ1) is 13.4. The fourth-order valence-electron chi connectivity index (χ4n) is 2.94. The number of hydrogen-bond acceptors (Lipinski definition) is 5. The minimum absolute atomic E-state index is 0.0553. The lowest BCUT2D eigenvalue weighted by Gasteiger charge is -2.26. The molecule has 1 fully saturated rings. The molecule has 0 aromatic heterocycles. The van der Waals surface area contributed by atoms with Crippen molar-refractivity contribution in [1.29, 1.82) is 0 Å². The number of hydrogen-bond donors (Lipinski definition) is 1. The van der Waals surface area contributed by atoms with Gasteiger partial charge >= 0.3 is 5.97 Å². The summed E-state index contributed by atoms with van der Waals surface area (Å²) in [5.41, 5.74) is 0.401. The molecule has 1 aromatic carbocycles. The molecule has 8 nitrogen and oxygen atoms in total. The highest BCUT2D eigenvalue weighted by molar-refractivity contribution is 6.23. The maximum absolute atomic E-state index is 12.9. The Balaban J connectivity index is 2.16. The Kier molecular flexibility index (Phi) is 7.31. The molecule has 0 saturated carbocycles. The van der Waals surface area contributed by atoms with Crippen molar-refractivity contribution >= 4 is 29.4 Å². The van der Waals surface area contributed by atoms with Crippen LogP contribution in [0, 0.1) is 0 Å². The van der Waals surface area contributed by atoms with Crippen LogP contribution in [0.3, 0.4) is 0 Å². The van der Waals surface area contributed by atoms with Crippen molar-refractivity contribution in [2.24, 2.45) is 0 Å². The third-order valence-electron chi connectivity index (χ3n) is 4.27. The highest BCUT2D eigenvalue weighted by atomic mass is 16.5. The van der Waals surface area contributed by atoms with Gasteiger partial charge in [0.2, 0.25) is 11.8 Å². The summed E-state index contributed by atoms with van der Waals surface area (Å²) in [6, 6.07) is 5.62. The lowest BCUT2D eigenvalue weighted by Crippen LogP contribution is -2.45. The number of carboxylic acids is 1. The zero-order valence-corrected chi connectivity index (χ0v) is 15.8. The average Bonchev–Trinajstić information content (AvgIpc) is 2.97. The lowest BCUT2D eigenvalue weighted by molar-refractivity contribution is -0.142. The Morgan fingerprint density at radius 1 is 1.29 bits per heavy atom. The second-order valence-electron chi connectivity index (χ2n) is 6.36. The van der Waals surface area contributed by atoms with Crippen LogP contribution in [-0.4, -0.2) is 52.9 Å². The molecule has 0 spiro atoms. The van der Waals surface area contributed by atoms with E-state index in [9.17, 15) is 19.2 Å². The minimum atomic E-state index is -1.10. The van der Waals surface area contributed by atoms with Crippen LogP contribution in [0.15, 0.2) is 36.9 Å². The van der Waals surface area contributed by atoms with Crippen molar-refractivity contribution in [3.8, 4) is 5.75 Å². The van der Waals surface area contributed by atoms with Gasteiger partial charge in [0.15, 0.2) is 0 Å². The molecule has 1 saturated heterocycles. The summed E-state index contributed by atoms with van der Waals surface area (Å²) >= 11 is 0. The average molecular weight is 388 g/mol. The topological polar surface area (TPSA) is 104 Å². The number of amides is 3. The van der Waals surface area contributed by atoms with Gasteiger partial charge in [-0.15, -0.1) is 6.58 Å². The van der Waals surface area contributed by atoms with Crippen LogP contribution in [0.2, 0.25) is 0 Å². The quantitative estimate of drug-likeness (QED) is 0.486. The SMILES string of the molecule is C=CCN(C(=O)CCC(=O)O)[C@@H]1CC(=O)N(c2ccc(OCCC)cc2)C1=O. The molecule has 2 rings (SSSR count). The van der Waals surface area contributed by atoms with Crippen molar-refractivity contribution < 1.29 is 29.0 Å². The molecule has 28 heavy (non-hydrogen) atoms. The van der Waals surface area contributed by atoms with Gasteiger partial charge in [-0.1, -0.05) is 13.0 Å². The number of imide groups is 1. The molecule has 0 aliphatic carbocycles. The summed E-state index contributed by atoms with van der Waals surface area (Å²) in [7, 11) is 0. The van der Waals surface area contributed by atoms with E-state index in [1.54, 1.807) is 24.3 Å². The van der Waals surface area contributed by atoms with Crippen molar-refractivity contribution in [2.75, 3.05) is 18.1 Å². The Labute approximate surface area is 163 Å². The van der Waals surface area contributed by atoms with Gasteiger partial charge in [0.25, 0.3) is 5.91 Å². The number of rotatable bonds is 10. The molecule has 0 radical (unpaired) electrons. The van der Waals surface area contributed by atoms with Crippen molar-refractivity contribution in [3.05, 3.63) is 36.9 Å². The Bertz CT molecular complexity index is 758. The molecule has 1 heterocycles. The zero-order chi connectivity index (χ0) is 20.7. The normalized spacial score (nSPS) is 16.2. The summed E-state index contributed by atoms with van der Waals surface area (Å²) in [6.45, 7) is 6.18. The van der Waals surface area contributed by atoms with Crippen LogP contribution >= 0.6 is 0 Å². The van der Waals surface area contributed by atoms with E-state index in [0.29, 0.717) is 18.0 Å². The number of ether oxygens (including phenoxy) is 1. The van der Waals surface area contributed by atoms with Gasteiger partial charge < -0.3 is 14.7 Å². The first-order valence-corrected chi connectivity index (χ1v) is 9.10. The van der Waals surface area contributed by atoms with Crippen molar-refractivity contribution in [2.45, 2.75) is 38.6 Å². The Hall–Kier alpha value is -3.16. The maximum Gasteiger partial charge on any atom is 0.303 e. The summed E-state index contributed by atoms with van der Waals surface area (Å²) in [4.78, 5) is 50.7. The van der Waals surface area contributed by atoms with E-state index in [2.05, 4.69) is 6.58 Å². The van der Waals surface area contributed by atoms with E-state index >= 15 is 0 Å². The number of aliphatic carboxylic acids is 1. The van der Waals surface area contributed by atoms with Gasteiger partial charge in [-0.25, -0.2) is 4.90 Å². The fraction of sp³-hybridized carbons (Fsp3) is 0.400. The van der Waals surface area contributed by atoms with E-state index in [-0.39, 0.29) is 25.8 Å². The number of anilines is 1. The third kappa shape index (κ3) is 4.97. The second kappa shape index (κ2) is 9.68. The van der Waals surface area contributed by atoms with Gasteiger partial charge in [0.05, 0.1) is 25.1 Å². The number of carbonyl (C=O) groups excluding carboxylic acids is 3. The van der Waals surface area contributed by atoms with E-state index in [1.807, 2.05) is 6.92 Å². The molecule has 1 aliphatic rings. The Morgan fingerprint density at radius 2 is 1.96 bits per heavy atom. The summed E-state index contributed by atoms with van der Waals surface area (Å²) < 4.78 is 5.50.